The van der Waals surface area contributed by atoms with E-state index in [0.29, 0.717) is 12.5 Å². The Kier molecular flexibility index (Phi) is 5.28. The first-order valence-electron chi connectivity index (χ1n) is 8.55. The highest BCUT2D eigenvalue weighted by Gasteiger charge is 2.25. The number of likely N-dealkylation sites (tertiary alicyclic amines) is 1. The first-order valence-corrected chi connectivity index (χ1v) is 9.36. The fraction of sp³-hybridized carbons (Fsp3) is 0.556. The third kappa shape index (κ3) is 4.09. The number of nitrogens with one attached hydrogen (secondary N) is 1. The van der Waals surface area contributed by atoms with Crippen molar-refractivity contribution in [1.82, 2.24) is 9.88 Å². The monoisotopic (exact) mass is 332 g/mol. The van der Waals surface area contributed by atoms with Crippen LogP contribution < -0.4 is 4.90 Å². The molecule has 1 aliphatic rings. The number of rotatable bonds is 5. The number of piperidine rings is 1. The maximum absolute atomic E-state index is 12.4. The summed E-state index contributed by atoms with van der Waals surface area (Å²) in [5.74, 6) is 0.288. The Morgan fingerprint density at radius 3 is 2.83 bits per heavy atom. The van der Waals surface area contributed by atoms with Crippen LogP contribution in [0, 0.1) is 0 Å². The van der Waals surface area contributed by atoms with Crippen LogP contribution in [0.25, 0.3) is 10.2 Å². The molecule has 1 aromatic carbocycles. The van der Waals surface area contributed by atoms with Gasteiger partial charge in [-0.15, -0.1) is 11.3 Å². The standard InChI is InChI=1S/C18H25N3OS/c1-20-12-10-14(11-13-20)21(2)18(22)9-5-8-17-19-15-6-3-4-7-16(15)23-17/h3-4,6-7,14H,5,8-13H2,1-2H3/p+1. The number of thiazole rings is 1. The molecule has 1 N–H and O–H groups in total. The van der Waals surface area contributed by atoms with Crippen LogP contribution in [0.3, 0.4) is 0 Å². The van der Waals surface area contributed by atoms with Crippen molar-refractivity contribution in [1.29, 1.82) is 0 Å². The van der Waals surface area contributed by atoms with Crippen molar-refractivity contribution in [3.05, 3.63) is 29.3 Å². The number of hydrogen-bond acceptors (Lipinski definition) is 3. The van der Waals surface area contributed by atoms with Crippen molar-refractivity contribution >= 4 is 27.5 Å². The topological polar surface area (TPSA) is 37.6 Å². The number of nitrogens with zero attached hydrogens (tertiary/aromatic N) is 2. The van der Waals surface area contributed by atoms with Gasteiger partial charge < -0.3 is 9.80 Å². The molecule has 1 aromatic heterocycles. The van der Waals surface area contributed by atoms with Gasteiger partial charge in [-0.2, -0.15) is 0 Å². The summed E-state index contributed by atoms with van der Waals surface area (Å²) in [5, 5.41) is 1.14. The average Bonchev–Trinajstić information content (AvgIpc) is 2.97. The highest BCUT2D eigenvalue weighted by atomic mass is 32.1. The van der Waals surface area contributed by atoms with E-state index in [1.165, 1.54) is 17.8 Å². The fourth-order valence-corrected chi connectivity index (χ4v) is 4.29. The zero-order valence-corrected chi connectivity index (χ0v) is 14.9. The molecular weight excluding hydrogens is 306 g/mol. The maximum atomic E-state index is 12.4. The van der Waals surface area contributed by atoms with Crippen molar-refractivity contribution in [3.8, 4) is 0 Å². The predicted octanol–water partition coefficient (Wildman–Crippen LogP) is 1.75. The summed E-state index contributed by atoms with van der Waals surface area (Å²) in [6.07, 6.45) is 4.68. The first kappa shape index (κ1) is 16.4. The molecule has 2 heterocycles. The van der Waals surface area contributed by atoms with Crippen molar-refractivity contribution in [3.63, 3.8) is 0 Å². The van der Waals surface area contributed by atoms with E-state index in [2.05, 4.69) is 24.2 Å². The van der Waals surface area contributed by atoms with Crippen LogP contribution in [0.15, 0.2) is 24.3 Å². The summed E-state index contributed by atoms with van der Waals surface area (Å²) >= 11 is 1.75. The van der Waals surface area contributed by atoms with Gasteiger partial charge in [0.05, 0.1) is 35.4 Å². The van der Waals surface area contributed by atoms with E-state index in [0.717, 1.165) is 36.2 Å². The van der Waals surface area contributed by atoms with Gasteiger partial charge in [-0.25, -0.2) is 4.98 Å². The second kappa shape index (κ2) is 7.41. The number of quaternary nitrogens is 1. The Hall–Kier alpha value is -1.46. The normalized spacial score (nSPS) is 21.5. The molecule has 0 unspecified atom stereocenters. The van der Waals surface area contributed by atoms with Crippen molar-refractivity contribution < 1.29 is 9.69 Å². The van der Waals surface area contributed by atoms with E-state index >= 15 is 0 Å². The van der Waals surface area contributed by atoms with Crippen LogP contribution in [0.2, 0.25) is 0 Å². The molecule has 23 heavy (non-hydrogen) atoms. The molecule has 0 saturated carbocycles. The van der Waals surface area contributed by atoms with Gasteiger partial charge in [-0.1, -0.05) is 12.1 Å². The van der Waals surface area contributed by atoms with E-state index in [9.17, 15) is 4.79 Å². The van der Waals surface area contributed by atoms with Crippen molar-refractivity contribution in [2.24, 2.45) is 0 Å². The number of aryl methyl sites for hydroxylation is 1. The fourth-order valence-electron chi connectivity index (χ4n) is 3.28. The number of hydrogen-bond donors (Lipinski definition) is 1. The Morgan fingerprint density at radius 1 is 1.35 bits per heavy atom. The van der Waals surface area contributed by atoms with Gasteiger partial charge in [0.25, 0.3) is 0 Å². The molecule has 0 radical (unpaired) electrons. The molecule has 5 heteroatoms. The third-order valence-corrected chi connectivity index (χ3v) is 5.97. The lowest BCUT2D eigenvalue weighted by Crippen LogP contribution is -3.10. The number of aromatic nitrogens is 1. The molecule has 0 spiro atoms. The highest BCUT2D eigenvalue weighted by molar-refractivity contribution is 7.18. The second-order valence-corrected chi connectivity index (χ2v) is 7.74. The van der Waals surface area contributed by atoms with E-state index in [4.69, 9.17) is 0 Å². The van der Waals surface area contributed by atoms with E-state index in [-0.39, 0.29) is 5.91 Å². The van der Waals surface area contributed by atoms with Crippen LogP contribution in [0.5, 0.6) is 0 Å². The number of para-hydroxylation sites is 1. The highest BCUT2D eigenvalue weighted by Crippen LogP contribution is 2.23. The zero-order valence-electron chi connectivity index (χ0n) is 14.0. The van der Waals surface area contributed by atoms with E-state index < -0.39 is 0 Å². The Balaban J connectivity index is 1.47. The lowest BCUT2D eigenvalue weighted by atomic mass is 10.0. The lowest BCUT2D eigenvalue weighted by Gasteiger charge is -2.33. The summed E-state index contributed by atoms with van der Waals surface area (Å²) in [7, 11) is 4.21. The first-order chi connectivity index (χ1) is 11.1. The summed E-state index contributed by atoms with van der Waals surface area (Å²) in [4.78, 5) is 20.6. The molecule has 3 rings (SSSR count). The van der Waals surface area contributed by atoms with Gasteiger partial charge in [-0.3, -0.25) is 4.79 Å². The molecule has 0 atom stereocenters. The average molecular weight is 332 g/mol. The summed E-state index contributed by atoms with van der Waals surface area (Å²) in [6.45, 7) is 2.35. The quantitative estimate of drug-likeness (QED) is 0.906. The Morgan fingerprint density at radius 2 is 2.09 bits per heavy atom. The zero-order chi connectivity index (χ0) is 16.2. The minimum absolute atomic E-state index is 0.288. The van der Waals surface area contributed by atoms with Gasteiger partial charge in [0.15, 0.2) is 0 Å². The number of amides is 1. The third-order valence-electron chi connectivity index (χ3n) is 4.87. The molecule has 4 nitrogen and oxygen atoms in total. The second-order valence-electron chi connectivity index (χ2n) is 6.62. The van der Waals surface area contributed by atoms with E-state index in [1.807, 2.05) is 24.1 Å². The smallest absolute Gasteiger partial charge is 0.222 e. The molecule has 2 aromatic rings. The lowest BCUT2D eigenvalue weighted by molar-refractivity contribution is -0.885. The Labute approximate surface area is 142 Å². The van der Waals surface area contributed by atoms with Crippen LogP contribution in [-0.4, -0.2) is 49.0 Å². The van der Waals surface area contributed by atoms with Crippen LogP contribution >= 0.6 is 11.3 Å². The largest absolute Gasteiger partial charge is 0.342 e. The Bertz CT molecular complexity index is 628. The van der Waals surface area contributed by atoms with E-state index in [1.54, 1.807) is 16.2 Å². The summed E-state index contributed by atoms with van der Waals surface area (Å²) in [6, 6.07) is 8.67. The summed E-state index contributed by atoms with van der Waals surface area (Å²) in [5.41, 5.74) is 1.07. The maximum Gasteiger partial charge on any atom is 0.222 e. The molecule has 0 bridgehead atoms. The van der Waals surface area contributed by atoms with Crippen molar-refractivity contribution in [2.75, 3.05) is 27.2 Å². The van der Waals surface area contributed by atoms with Gasteiger partial charge in [0, 0.05) is 32.4 Å². The number of carbonyl (C=O) groups is 1. The molecule has 1 aliphatic heterocycles. The van der Waals surface area contributed by atoms with Gasteiger partial charge in [0.2, 0.25) is 5.91 Å². The summed E-state index contributed by atoms with van der Waals surface area (Å²) < 4.78 is 1.24. The van der Waals surface area contributed by atoms with Crippen LogP contribution in [0.1, 0.15) is 30.7 Å². The molecule has 1 amide bonds. The number of fused-ring (bicyclic) bond motifs is 1. The van der Waals surface area contributed by atoms with Gasteiger partial charge >= 0.3 is 0 Å². The van der Waals surface area contributed by atoms with Gasteiger partial charge in [0.1, 0.15) is 0 Å². The predicted molar refractivity (Wildman–Crippen MR) is 95.0 cm³/mol. The molecule has 0 aliphatic carbocycles. The van der Waals surface area contributed by atoms with Crippen LogP contribution in [0.4, 0.5) is 0 Å². The van der Waals surface area contributed by atoms with Crippen LogP contribution in [-0.2, 0) is 11.2 Å². The number of benzene rings is 1. The molecular formula is C18H26N3OS+. The minimum Gasteiger partial charge on any atom is -0.342 e. The molecule has 1 fully saturated rings. The van der Waals surface area contributed by atoms with Crippen molar-refractivity contribution in [2.45, 2.75) is 38.1 Å². The number of carbonyl (C=O) groups excluding carboxylic acids is 1. The SMILES string of the molecule is CN(C(=O)CCCc1nc2ccccc2s1)C1CC[NH+](C)CC1. The molecule has 124 valence electrons. The van der Waals surface area contributed by atoms with Gasteiger partial charge in [-0.05, 0) is 25.0 Å². The molecule has 1 saturated heterocycles. The minimum atomic E-state index is 0.288.